The SMILES string of the molecule is CCC(=O)N1CCC(NC(=NC)NCc2ccc(Oc3cccnc3)c(F)c2)C1.I. The van der Waals surface area contributed by atoms with Gasteiger partial charge in [0.1, 0.15) is 5.75 Å². The van der Waals surface area contributed by atoms with E-state index in [0.717, 1.165) is 18.5 Å². The molecule has 30 heavy (non-hydrogen) atoms. The summed E-state index contributed by atoms with van der Waals surface area (Å²) >= 11 is 0. The first-order chi connectivity index (χ1) is 14.1. The second-order valence-electron chi connectivity index (χ2n) is 6.80. The molecule has 1 aromatic heterocycles. The average molecular weight is 527 g/mol. The molecule has 1 saturated heterocycles. The fraction of sp³-hybridized carbons (Fsp3) is 0.381. The van der Waals surface area contributed by atoms with E-state index in [1.54, 1.807) is 37.5 Å². The van der Waals surface area contributed by atoms with Gasteiger partial charge < -0.3 is 20.3 Å². The van der Waals surface area contributed by atoms with E-state index in [9.17, 15) is 9.18 Å². The quantitative estimate of drug-likeness (QED) is 0.343. The van der Waals surface area contributed by atoms with Crippen LogP contribution in [0.3, 0.4) is 0 Å². The van der Waals surface area contributed by atoms with Gasteiger partial charge in [0.25, 0.3) is 0 Å². The maximum Gasteiger partial charge on any atom is 0.222 e. The van der Waals surface area contributed by atoms with Crippen LogP contribution in [0.5, 0.6) is 11.5 Å². The summed E-state index contributed by atoms with van der Waals surface area (Å²) in [7, 11) is 1.69. The molecule has 1 aliphatic heterocycles. The molecule has 3 rings (SSSR count). The smallest absolute Gasteiger partial charge is 0.222 e. The Morgan fingerprint density at radius 3 is 2.90 bits per heavy atom. The summed E-state index contributed by atoms with van der Waals surface area (Å²) < 4.78 is 19.9. The van der Waals surface area contributed by atoms with Crippen LogP contribution in [0.25, 0.3) is 0 Å². The lowest BCUT2D eigenvalue weighted by Gasteiger charge is -2.19. The van der Waals surface area contributed by atoms with Crippen molar-refractivity contribution in [1.29, 1.82) is 0 Å². The Bertz CT molecular complexity index is 866. The van der Waals surface area contributed by atoms with Gasteiger partial charge in [-0.15, -0.1) is 24.0 Å². The summed E-state index contributed by atoms with van der Waals surface area (Å²) in [6, 6.07) is 8.43. The molecular weight excluding hydrogens is 500 g/mol. The molecule has 162 valence electrons. The van der Waals surface area contributed by atoms with Crippen LogP contribution in [0.2, 0.25) is 0 Å². The summed E-state index contributed by atoms with van der Waals surface area (Å²) in [5.74, 6) is 0.976. The molecule has 1 aliphatic rings. The largest absolute Gasteiger partial charge is 0.453 e. The number of nitrogens with zero attached hydrogens (tertiary/aromatic N) is 3. The van der Waals surface area contributed by atoms with Gasteiger partial charge in [-0.3, -0.25) is 14.8 Å². The first kappa shape index (κ1) is 23.8. The van der Waals surface area contributed by atoms with Gasteiger partial charge in [-0.25, -0.2) is 4.39 Å². The summed E-state index contributed by atoms with van der Waals surface area (Å²) in [6.45, 7) is 3.71. The molecule has 0 saturated carbocycles. The minimum absolute atomic E-state index is 0. The van der Waals surface area contributed by atoms with Gasteiger partial charge in [0.15, 0.2) is 17.5 Å². The number of amides is 1. The van der Waals surface area contributed by atoms with Crippen LogP contribution in [0.15, 0.2) is 47.7 Å². The highest BCUT2D eigenvalue weighted by Gasteiger charge is 2.25. The van der Waals surface area contributed by atoms with Gasteiger partial charge in [-0.05, 0) is 36.2 Å². The fourth-order valence-corrected chi connectivity index (χ4v) is 3.17. The number of nitrogens with one attached hydrogen (secondary N) is 2. The maximum atomic E-state index is 14.4. The van der Waals surface area contributed by atoms with E-state index >= 15 is 0 Å². The number of carbonyl (C=O) groups is 1. The van der Waals surface area contributed by atoms with Gasteiger partial charge in [0.2, 0.25) is 5.91 Å². The average Bonchev–Trinajstić information content (AvgIpc) is 3.21. The highest BCUT2D eigenvalue weighted by molar-refractivity contribution is 14.0. The van der Waals surface area contributed by atoms with Crippen molar-refractivity contribution in [3.05, 3.63) is 54.1 Å². The number of hydrogen-bond donors (Lipinski definition) is 2. The first-order valence-corrected chi connectivity index (χ1v) is 9.70. The lowest BCUT2D eigenvalue weighted by Crippen LogP contribution is -2.44. The van der Waals surface area contributed by atoms with E-state index in [4.69, 9.17) is 4.74 Å². The molecule has 0 spiro atoms. The van der Waals surface area contributed by atoms with Gasteiger partial charge in [-0.1, -0.05) is 13.0 Å². The number of guanidine groups is 1. The Morgan fingerprint density at radius 2 is 2.23 bits per heavy atom. The zero-order valence-corrected chi connectivity index (χ0v) is 19.4. The third-order valence-electron chi connectivity index (χ3n) is 4.73. The first-order valence-electron chi connectivity index (χ1n) is 9.70. The van der Waals surface area contributed by atoms with Gasteiger partial charge in [0.05, 0.1) is 6.20 Å². The van der Waals surface area contributed by atoms with Gasteiger partial charge >= 0.3 is 0 Å². The molecule has 1 amide bonds. The molecular formula is C21H27FIN5O2. The van der Waals surface area contributed by atoms with Gasteiger partial charge in [0, 0.05) is 45.3 Å². The molecule has 0 radical (unpaired) electrons. The normalized spacial score (nSPS) is 16.0. The van der Waals surface area contributed by atoms with Crippen molar-refractivity contribution in [2.24, 2.45) is 4.99 Å². The topological polar surface area (TPSA) is 78.9 Å². The Labute approximate surface area is 193 Å². The fourth-order valence-electron chi connectivity index (χ4n) is 3.17. The lowest BCUT2D eigenvalue weighted by molar-refractivity contribution is -0.129. The number of aliphatic imine (C=N–C) groups is 1. The molecule has 1 unspecified atom stereocenters. The molecule has 1 fully saturated rings. The van der Waals surface area contributed by atoms with Crippen molar-refractivity contribution in [3.8, 4) is 11.5 Å². The molecule has 0 aliphatic carbocycles. The summed E-state index contributed by atoms with van der Waals surface area (Å²) in [5.41, 5.74) is 0.762. The van der Waals surface area contributed by atoms with Crippen molar-refractivity contribution in [2.45, 2.75) is 32.4 Å². The number of likely N-dealkylation sites (tertiary alicyclic amines) is 1. The van der Waals surface area contributed by atoms with Crippen LogP contribution < -0.4 is 15.4 Å². The van der Waals surface area contributed by atoms with Crippen molar-refractivity contribution in [1.82, 2.24) is 20.5 Å². The molecule has 9 heteroatoms. The second kappa shape index (κ2) is 11.7. The maximum absolute atomic E-state index is 14.4. The zero-order valence-electron chi connectivity index (χ0n) is 17.1. The van der Waals surface area contributed by atoms with Crippen LogP contribution in [0.4, 0.5) is 4.39 Å². The van der Waals surface area contributed by atoms with E-state index in [-0.39, 0.29) is 41.7 Å². The van der Waals surface area contributed by atoms with Crippen molar-refractivity contribution >= 4 is 35.8 Å². The van der Waals surface area contributed by atoms with E-state index in [0.29, 0.717) is 31.2 Å². The highest BCUT2D eigenvalue weighted by Crippen LogP contribution is 2.24. The van der Waals surface area contributed by atoms with E-state index in [2.05, 4.69) is 20.6 Å². The van der Waals surface area contributed by atoms with Crippen LogP contribution in [-0.2, 0) is 11.3 Å². The predicted molar refractivity (Wildman–Crippen MR) is 125 cm³/mol. The van der Waals surface area contributed by atoms with Crippen LogP contribution in [-0.4, -0.2) is 47.9 Å². The Balaban J connectivity index is 0.00000320. The van der Waals surface area contributed by atoms with Crippen molar-refractivity contribution < 1.29 is 13.9 Å². The Hall–Kier alpha value is -2.43. The molecule has 1 aromatic carbocycles. The van der Waals surface area contributed by atoms with Crippen LogP contribution >= 0.6 is 24.0 Å². The number of pyridine rings is 1. The standard InChI is InChI=1S/C21H26FN5O2.HI/c1-3-20(28)27-10-8-16(14-27)26-21(23-2)25-12-15-6-7-19(18(22)11-15)29-17-5-4-9-24-13-17;/h4-7,9,11,13,16H,3,8,10,12,14H2,1-2H3,(H2,23,25,26);1H. The summed E-state index contributed by atoms with van der Waals surface area (Å²) in [6.07, 6.45) is 4.56. The van der Waals surface area contributed by atoms with Crippen molar-refractivity contribution in [3.63, 3.8) is 0 Å². The number of carbonyl (C=O) groups excluding carboxylic acids is 1. The Kier molecular flexibility index (Phi) is 9.28. The zero-order chi connectivity index (χ0) is 20.6. The molecule has 2 aromatic rings. The molecule has 2 N–H and O–H groups in total. The predicted octanol–water partition coefficient (Wildman–Crippen LogP) is 3.31. The summed E-state index contributed by atoms with van der Waals surface area (Å²) in [5, 5.41) is 6.51. The number of ether oxygens (including phenoxy) is 1. The number of halogens is 2. The minimum Gasteiger partial charge on any atom is -0.453 e. The van der Waals surface area contributed by atoms with E-state index in [1.807, 2.05) is 11.8 Å². The Morgan fingerprint density at radius 1 is 1.40 bits per heavy atom. The molecule has 7 nitrogen and oxygen atoms in total. The second-order valence-corrected chi connectivity index (χ2v) is 6.80. The third kappa shape index (κ3) is 6.54. The lowest BCUT2D eigenvalue weighted by atomic mass is 10.2. The summed E-state index contributed by atoms with van der Waals surface area (Å²) in [4.78, 5) is 21.8. The van der Waals surface area contributed by atoms with E-state index < -0.39 is 5.82 Å². The highest BCUT2D eigenvalue weighted by atomic mass is 127. The van der Waals surface area contributed by atoms with Crippen LogP contribution in [0, 0.1) is 5.82 Å². The number of rotatable bonds is 6. The van der Waals surface area contributed by atoms with E-state index in [1.165, 1.54) is 12.3 Å². The number of hydrogen-bond acceptors (Lipinski definition) is 4. The molecule has 1 atom stereocenters. The monoisotopic (exact) mass is 527 g/mol. The molecule has 0 bridgehead atoms. The molecule has 2 heterocycles. The minimum atomic E-state index is -0.444. The number of benzene rings is 1. The van der Waals surface area contributed by atoms with Gasteiger partial charge in [-0.2, -0.15) is 0 Å². The van der Waals surface area contributed by atoms with Crippen LogP contribution in [0.1, 0.15) is 25.3 Å². The van der Waals surface area contributed by atoms with Crippen molar-refractivity contribution in [2.75, 3.05) is 20.1 Å². The number of aromatic nitrogens is 1. The third-order valence-corrected chi connectivity index (χ3v) is 4.73.